The summed E-state index contributed by atoms with van der Waals surface area (Å²) in [4.78, 5) is 3.56. The third-order valence-electron chi connectivity index (χ3n) is 4.15. The molecule has 130 valence electrons. The van der Waals surface area contributed by atoms with E-state index in [1.54, 1.807) is 9.80 Å². The van der Waals surface area contributed by atoms with E-state index >= 15 is 0 Å². The first-order chi connectivity index (χ1) is 10.3. The summed E-state index contributed by atoms with van der Waals surface area (Å²) in [5.74, 6) is -5.05. The lowest BCUT2D eigenvalue weighted by Gasteiger charge is -2.40. The van der Waals surface area contributed by atoms with Crippen molar-refractivity contribution < 1.29 is 32.9 Å². The molecule has 2 heterocycles. The monoisotopic (exact) mass is 328 g/mol. The summed E-state index contributed by atoms with van der Waals surface area (Å²) in [6.07, 6.45) is -5.09. The predicted octanol–water partition coefficient (Wildman–Crippen LogP) is -0.490. The third-order valence-corrected chi connectivity index (χ3v) is 4.15. The Morgan fingerprint density at radius 3 is 1.50 bits per heavy atom. The van der Waals surface area contributed by atoms with Crippen LogP contribution in [0.1, 0.15) is 0 Å². The van der Waals surface area contributed by atoms with Crippen LogP contribution in [0.3, 0.4) is 0 Å². The summed E-state index contributed by atoms with van der Waals surface area (Å²) < 4.78 is 49.4. The van der Waals surface area contributed by atoms with Crippen LogP contribution in [0.15, 0.2) is 0 Å². The van der Waals surface area contributed by atoms with E-state index in [2.05, 4.69) is 0 Å². The van der Waals surface area contributed by atoms with Gasteiger partial charge in [0, 0.05) is 45.2 Å². The number of morpholine rings is 2. The molecule has 2 aliphatic rings. The Kier molecular flexibility index (Phi) is 6.03. The van der Waals surface area contributed by atoms with Crippen LogP contribution in [0.2, 0.25) is 0 Å². The van der Waals surface area contributed by atoms with Gasteiger partial charge in [0.1, 0.15) is 0 Å². The molecular formula is C13H23F3N2O4. The van der Waals surface area contributed by atoms with E-state index < -0.39 is 17.9 Å². The van der Waals surface area contributed by atoms with E-state index in [0.717, 1.165) is 0 Å². The summed E-state index contributed by atoms with van der Waals surface area (Å²) in [6.45, 7) is 3.68. The number of ether oxygens (including phenoxy) is 2. The molecule has 2 aliphatic heterocycles. The highest BCUT2D eigenvalue weighted by Gasteiger charge is 2.58. The Labute approximate surface area is 127 Å². The molecule has 0 atom stereocenters. The van der Waals surface area contributed by atoms with E-state index in [4.69, 9.17) is 9.47 Å². The first-order valence-electron chi connectivity index (χ1n) is 7.42. The Morgan fingerprint density at radius 2 is 1.18 bits per heavy atom. The molecule has 2 rings (SSSR count). The summed E-state index contributed by atoms with van der Waals surface area (Å²) in [5.41, 5.74) is 0. The normalized spacial score (nSPS) is 23.2. The molecule has 0 saturated carbocycles. The maximum atomic E-state index is 13.0. The van der Waals surface area contributed by atoms with E-state index in [1.165, 1.54) is 0 Å². The van der Waals surface area contributed by atoms with Gasteiger partial charge < -0.3 is 19.7 Å². The molecule has 2 saturated heterocycles. The first-order valence-corrected chi connectivity index (χ1v) is 7.42. The van der Waals surface area contributed by atoms with Gasteiger partial charge in [-0.05, 0) is 0 Å². The average Bonchev–Trinajstić information content (AvgIpc) is 2.47. The van der Waals surface area contributed by atoms with Gasteiger partial charge in [-0.15, -0.1) is 0 Å². The van der Waals surface area contributed by atoms with Crippen molar-refractivity contribution in [2.45, 2.75) is 12.0 Å². The molecule has 6 nitrogen and oxygen atoms in total. The molecule has 0 aromatic carbocycles. The van der Waals surface area contributed by atoms with E-state index in [1.807, 2.05) is 0 Å². The number of aliphatic hydroxyl groups is 2. The van der Waals surface area contributed by atoms with Crippen LogP contribution in [-0.2, 0) is 9.47 Å². The summed E-state index contributed by atoms with van der Waals surface area (Å²) in [7, 11) is 0. The van der Waals surface area contributed by atoms with Crippen LogP contribution in [-0.4, -0.2) is 97.7 Å². The quantitative estimate of drug-likeness (QED) is 0.664. The van der Waals surface area contributed by atoms with E-state index in [9.17, 15) is 23.4 Å². The highest BCUT2D eigenvalue weighted by Crippen LogP contribution is 2.35. The van der Waals surface area contributed by atoms with Crippen molar-refractivity contribution in [3.05, 3.63) is 0 Å². The van der Waals surface area contributed by atoms with Gasteiger partial charge in [-0.2, -0.15) is 13.2 Å². The molecular weight excluding hydrogens is 305 g/mol. The van der Waals surface area contributed by atoms with Crippen LogP contribution < -0.4 is 0 Å². The molecule has 0 amide bonds. The topological polar surface area (TPSA) is 65.4 Å². The van der Waals surface area contributed by atoms with Crippen molar-refractivity contribution in [1.29, 1.82) is 0 Å². The van der Waals surface area contributed by atoms with Gasteiger partial charge >= 0.3 is 6.18 Å². The minimum Gasteiger partial charge on any atom is -0.379 e. The van der Waals surface area contributed by atoms with Crippen LogP contribution in [0, 0.1) is 5.92 Å². The van der Waals surface area contributed by atoms with Gasteiger partial charge in [-0.1, -0.05) is 0 Å². The molecule has 0 aromatic heterocycles. The van der Waals surface area contributed by atoms with Crippen molar-refractivity contribution in [2.75, 3.05) is 65.7 Å². The smallest absolute Gasteiger partial charge is 0.379 e. The van der Waals surface area contributed by atoms with Crippen LogP contribution in [0.4, 0.5) is 13.2 Å². The molecule has 9 heteroatoms. The van der Waals surface area contributed by atoms with Crippen molar-refractivity contribution in [3.8, 4) is 0 Å². The largest absolute Gasteiger partial charge is 0.443 e. The number of hydrogen-bond donors (Lipinski definition) is 2. The number of hydrogen-bond acceptors (Lipinski definition) is 6. The second-order valence-electron chi connectivity index (χ2n) is 5.75. The predicted molar refractivity (Wildman–Crippen MR) is 71.2 cm³/mol. The Balaban J connectivity index is 2.04. The van der Waals surface area contributed by atoms with Gasteiger partial charge in [0.15, 0.2) is 0 Å². The van der Waals surface area contributed by atoms with Gasteiger partial charge in [0.25, 0.3) is 5.79 Å². The minimum absolute atomic E-state index is 0.0345. The Hall–Kier alpha value is -0.450. The number of rotatable bonds is 5. The second kappa shape index (κ2) is 7.41. The molecule has 0 aromatic rings. The fourth-order valence-electron chi connectivity index (χ4n) is 2.73. The number of halogens is 3. The van der Waals surface area contributed by atoms with Crippen molar-refractivity contribution >= 4 is 0 Å². The number of nitrogens with zero attached hydrogens (tertiary/aromatic N) is 2. The second-order valence-corrected chi connectivity index (χ2v) is 5.75. The zero-order valence-electron chi connectivity index (χ0n) is 12.4. The van der Waals surface area contributed by atoms with Crippen LogP contribution in [0.25, 0.3) is 0 Å². The van der Waals surface area contributed by atoms with Crippen molar-refractivity contribution in [3.63, 3.8) is 0 Å². The van der Waals surface area contributed by atoms with Gasteiger partial charge in [-0.25, -0.2) is 0 Å². The zero-order valence-corrected chi connectivity index (χ0v) is 12.4. The highest BCUT2D eigenvalue weighted by atomic mass is 19.4. The lowest BCUT2D eigenvalue weighted by molar-refractivity contribution is -0.372. The lowest BCUT2D eigenvalue weighted by Crippen LogP contribution is -2.59. The fraction of sp³-hybridized carbons (Fsp3) is 1.00. The molecule has 0 radical (unpaired) electrons. The van der Waals surface area contributed by atoms with Crippen molar-refractivity contribution in [1.82, 2.24) is 9.80 Å². The summed E-state index contributed by atoms with van der Waals surface area (Å²) in [5, 5.41) is 19.4. The van der Waals surface area contributed by atoms with E-state index in [-0.39, 0.29) is 13.1 Å². The molecule has 22 heavy (non-hydrogen) atoms. The molecule has 0 bridgehead atoms. The van der Waals surface area contributed by atoms with E-state index in [0.29, 0.717) is 52.6 Å². The van der Waals surface area contributed by atoms with Gasteiger partial charge in [-0.3, -0.25) is 9.80 Å². The van der Waals surface area contributed by atoms with Gasteiger partial charge in [0.2, 0.25) is 0 Å². The summed E-state index contributed by atoms with van der Waals surface area (Å²) >= 11 is 0. The molecule has 0 unspecified atom stereocenters. The molecule has 0 spiro atoms. The number of alkyl halides is 3. The standard InChI is InChI=1S/C13H23F3N2O4/c14-13(15,16)12(19,20)11(9-17-1-5-21-6-2-17)10-18-3-7-22-8-4-18/h11,19-20H,1-10H2. The summed E-state index contributed by atoms with van der Waals surface area (Å²) in [6, 6.07) is 0. The molecule has 0 aliphatic carbocycles. The van der Waals surface area contributed by atoms with Crippen LogP contribution in [0.5, 0.6) is 0 Å². The zero-order chi connectivity index (χ0) is 16.2. The third kappa shape index (κ3) is 4.53. The lowest BCUT2D eigenvalue weighted by atomic mass is 9.95. The maximum Gasteiger partial charge on any atom is 0.443 e. The highest BCUT2D eigenvalue weighted by molar-refractivity contribution is 4.88. The Bertz CT molecular complexity index is 323. The SMILES string of the molecule is OC(O)(C(CN1CCOCC1)CN1CCOCC1)C(F)(F)F. The van der Waals surface area contributed by atoms with Crippen LogP contribution >= 0.6 is 0 Å². The maximum absolute atomic E-state index is 13.0. The average molecular weight is 328 g/mol. The van der Waals surface area contributed by atoms with Gasteiger partial charge in [0.05, 0.1) is 26.4 Å². The Morgan fingerprint density at radius 1 is 0.818 bits per heavy atom. The molecule has 2 N–H and O–H groups in total. The van der Waals surface area contributed by atoms with Crippen molar-refractivity contribution in [2.24, 2.45) is 5.92 Å². The fourth-order valence-corrected chi connectivity index (χ4v) is 2.73. The molecule has 2 fully saturated rings. The first kappa shape index (κ1) is 17.9. The minimum atomic E-state index is -5.09.